The number of amides is 1. The largest absolute Gasteiger partial charge is 0.326 e. The molecule has 1 atom stereocenters. The molecule has 0 bridgehead atoms. The quantitative estimate of drug-likeness (QED) is 0.813. The van der Waals surface area contributed by atoms with Crippen molar-refractivity contribution in [3.8, 4) is 0 Å². The lowest BCUT2D eigenvalue weighted by Gasteiger charge is -2.12. The third kappa shape index (κ3) is 2.25. The maximum Gasteiger partial charge on any atom is 0.221 e. The molecule has 0 saturated heterocycles. The van der Waals surface area contributed by atoms with Crippen LogP contribution in [0.4, 0.5) is 5.69 Å². The number of aryl methyl sites for hydroxylation is 1. The average Bonchev–Trinajstić information content (AvgIpc) is 2.61. The van der Waals surface area contributed by atoms with Gasteiger partial charge in [0.1, 0.15) is 0 Å². The minimum absolute atomic E-state index is 0.0110. The van der Waals surface area contributed by atoms with E-state index in [2.05, 4.69) is 22.8 Å². The van der Waals surface area contributed by atoms with Gasteiger partial charge in [0.15, 0.2) is 0 Å². The Hall–Kier alpha value is -1.35. The molecule has 3 heteroatoms. The normalized spacial score (nSPS) is 18.2. The Kier molecular flexibility index (Phi) is 3.25. The zero-order valence-electron chi connectivity index (χ0n) is 9.84. The Balaban J connectivity index is 2.22. The molecule has 1 aliphatic rings. The summed E-state index contributed by atoms with van der Waals surface area (Å²) in [5, 5.41) is 6.06. The SMILES string of the molecule is CNCC1CCc2ccc(NC(C)=O)cc21. The number of benzene rings is 1. The van der Waals surface area contributed by atoms with Crippen LogP contribution in [0.15, 0.2) is 18.2 Å². The van der Waals surface area contributed by atoms with Crippen LogP contribution in [0.1, 0.15) is 30.4 Å². The van der Waals surface area contributed by atoms with Gasteiger partial charge in [-0.25, -0.2) is 0 Å². The second-order valence-electron chi connectivity index (χ2n) is 4.39. The van der Waals surface area contributed by atoms with Gasteiger partial charge in [-0.3, -0.25) is 4.79 Å². The first-order chi connectivity index (χ1) is 7.70. The molecule has 0 radical (unpaired) electrons. The number of hydrogen-bond donors (Lipinski definition) is 2. The van der Waals surface area contributed by atoms with E-state index in [1.54, 1.807) is 0 Å². The van der Waals surface area contributed by atoms with E-state index < -0.39 is 0 Å². The first-order valence-electron chi connectivity index (χ1n) is 5.75. The van der Waals surface area contributed by atoms with Crippen molar-refractivity contribution in [1.29, 1.82) is 0 Å². The van der Waals surface area contributed by atoms with Crippen LogP contribution in [0.2, 0.25) is 0 Å². The molecule has 0 fully saturated rings. The fourth-order valence-corrected chi connectivity index (χ4v) is 2.43. The Morgan fingerprint density at radius 2 is 2.31 bits per heavy atom. The van der Waals surface area contributed by atoms with Gasteiger partial charge in [-0.05, 0) is 49.1 Å². The molecule has 0 spiro atoms. The summed E-state index contributed by atoms with van der Waals surface area (Å²) in [6, 6.07) is 6.24. The van der Waals surface area contributed by atoms with Gasteiger partial charge in [-0.15, -0.1) is 0 Å². The van der Waals surface area contributed by atoms with Gasteiger partial charge in [0, 0.05) is 19.2 Å². The lowest BCUT2D eigenvalue weighted by molar-refractivity contribution is -0.114. The molecule has 0 heterocycles. The smallest absolute Gasteiger partial charge is 0.221 e. The van der Waals surface area contributed by atoms with Crippen molar-refractivity contribution in [1.82, 2.24) is 5.32 Å². The summed E-state index contributed by atoms with van der Waals surface area (Å²) in [7, 11) is 1.98. The third-order valence-corrected chi connectivity index (χ3v) is 3.12. The minimum Gasteiger partial charge on any atom is -0.326 e. The van der Waals surface area contributed by atoms with E-state index in [1.165, 1.54) is 24.5 Å². The number of likely N-dealkylation sites (N-methyl/N-ethyl adjacent to an activating group) is 1. The predicted molar refractivity (Wildman–Crippen MR) is 65.7 cm³/mol. The van der Waals surface area contributed by atoms with Gasteiger partial charge in [0.25, 0.3) is 0 Å². The van der Waals surface area contributed by atoms with Gasteiger partial charge >= 0.3 is 0 Å². The van der Waals surface area contributed by atoms with Crippen LogP contribution in [0.25, 0.3) is 0 Å². The first kappa shape index (κ1) is 11.1. The van der Waals surface area contributed by atoms with Crippen LogP contribution in [0.3, 0.4) is 0 Å². The molecule has 16 heavy (non-hydrogen) atoms. The molecule has 2 N–H and O–H groups in total. The molecule has 0 saturated carbocycles. The maximum absolute atomic E-state index is 11.0. The molecule has 3 nitrogen and oxygen atoms in total. The zero-order valence-corrected chi connectivity index (χ0v) is 9.84. The second-order valence-corrected chi connectivity index (χ2v) is 4.39. The highest BCUT2D eigenvalue weighted by molar-refractivity contribution is 5.88. The zero-order chi connectivity index (χ0) is 11.5. The van der Waals surface area contributed by atoms with Gasteiger partial charge < -0.3 is 10.6 Å². The average molecular weight is 218 g/mol. The standard InChI is InChI=1S/C13H18N2O/c1-9(16)15-12-6-5-10-3-4-11(8-14-2)13(10)7-12/h5-7,11,14H,3-4,8H2,1-2H3,(H,15,16). The summed E-state index contributed by atoms with van der Waals surface area (Å²) >= 11 is 0. The van der Waals surface area contributed by atoms with Gasteiger partial charge in [0.2, 0.25) is 5.91 Å². The molecule has 1 aliphatic carbocycles. The lowest BCUT2D eigenvalue weighted by atomic mass is 10.0. The van der Waals surface area contributed by atoms with Gasteiger partial charge in [0.05, 0.1) is 0 Å². The van der Waals surface area contributed by atoms with E-state index in [9.17, 15) is 4.79 Å². The molecule has 0 aromatic heterocycles. The molecule has 86 valence electrons. The lowest BCUT2D eigenvalue weighted by Crippen LogP contribution is -2.15. The number of fused-ring (bicyclic) bond motifs is 1. The van der Waals surface area contributed by atoms with Crippen LogP contribution in [-0.4, -0.2) is 19.5 Å². The fraction of sp³-hybridized carbons (Fsp3) is 0.462. The summed E-state index contributed by atoms with van der Waals surface area (Å²) in [5.74, 6) is 0.580. The summed E-state index contributed by atoms with van der Waals surface area (Å²) < 4.78 is 0. The molecular formula is C13H18N2O. The summed E-state index contributed by atoms with van der Waals surface area (Å²) in [5.41, 5.74) is 3.73. The minimum atomic E-state index is -0.0110. The Morgan fingerprint density at radius 3 is 3.00 bits per heavy atom. The molecule has 2 rings (SSSR count). The summed E-state index contributed by atoms with van der Waals surface area (Å²) in [6.45, 7) is 2.55. The fourth-order valence-electron chi connectivity index (χ4n) is 2.43. The van der Waals surface area contributed by atoms with E-state index in [4.69, 9.17) is 0 Å². The van der Waals surface area contributed by atoms with Gasteiger partial charge in [-0.1, -0.05) is 6.07 Å². The van der Waals surface area contributed by atoms with Crippen molar-refractivity contribution in [2.24, 2.45) is 0 Å². The van der Waals surface area contributed by atoms with Crippen LogP contribution < -0.4 is 10.6 Å². The predicted octanol–water partition coefficient (Wildman–Crippen LogP) is 1.89. The highest BCUT2D eigenvalue weighted by Crippen LogP contribution is 2.34. The maximum atomic E-state index is 11.0. The van der Waals surface area contributed by atoms with E-state index in [-0.39, 0.29) is 5.91 Å². The molecular weight excluding hydrogens is 200 g/mol. The monoisotopic (exact) mass is 218 g/mol. The molecule has 1 unspecified atom stereocenters. The molecule has 0 aliphatic heterocycles. The second kappa shape index (κ2) is 4.66. The van der Waals surface area contributed by atoms with E-state index in [0.29, 0.717) is 5.92 Å². The third-order valence-electron chi connectivity index (χ3n) is 3.12. The number of carbonyl (C=O) groups is 1. The Morgan fingerprint density at radius 1 is 1.50 bits per heavy atom. The van der Waals surface area contributed by atoms with Crippen LogP contribution in [-0.2, 0) is 11.2 Å². The Labute approximate surface area is 96.2 Å². The number of carbonyl (C=O) groups excluding carboxylic acids is 1. The highest BCUT2D eigenvalue weighted by atomic mass is 16.1. The van der Waals surface area contributed by atoms with Crippen molar-refractivity contribution in [2.45, 2.75) is 25.7 Å². The topological polar surface area (TPSA) is 41.1 Å². The van der Waals surface area contributed by atoms with E-state index in [0.717, 1.165) is 18.7 Å². The van der Waals surface area contributed by atoms with Crippen LogP contribution in [0, 0.1) is 0 Å². The first-order valence-corrected chi connectivity index (χ1v) is 5.75. The van der Waals surface area contributed by atoms with Crippen LogP contribution in [0.5, 0.6) is 0 Å². The number of hydrogen-bond acceptors (Lipinski definition) is 2. The highest BCUT2D eigenvalue weighted by Gasteiger charge is 2.21. The van der Waals surface area contributed by atoms with Crippen molar-refractivity contribution in [3.63, 3.8) is 0 Å². The van der Waals surface area contributed by atoms with Crippen molar-refractivity contribution in [3.05, 3.63) is 29.3 Å². The van der Waals surface area contributed by atoms with Crippen LogP contribution >= 0.6 is 0 Å². The van der Waals surface area contributed by atoms with Crippen molar-refractivity contribution >= 4 is 11.6 Å². The number of rotatable bonds is 3. The number of nitrogens with one attached hydrogen (secondary N) is 2. The molecule has 1 aromatic carbocycles. The van der Waals surface area contributed by atoms with E-state index >= 15 is 0 Å². The van der Waals surface area contributed by atoms with E-state index in [1.807, 2.05) is 13.1 Å². The Bertz CT molecular complexity index is 399. The van der Waals surface area contributed by atoms with Crippen molar-refractivity contribution < 1.29 is 4.79 Å². The summed E-state index contributed by atoms with van der Waals surface area (Å²) in [4.78, 5) is 11.0. The summed E-state index contributed by atoms with van der Waals surface area (Å²) in [6.07, 6.45) is 2.36. The molecule has 1 aromatic rings. The van der Waals surface area contributed by atoms with Gasteiger partial charge in [-0.2, -0.15) is 0 Å². The van der Waals surface area contributed by atoms with Crippen molar-refractivity contribution in [2.75, 3.05) is 18.9 Å². The molecule has 1 amide bonds. The number of anilines is 1.